The van der Waals surface area contributed by atoms with E-state index in [4.69, 9.17) is 22.1 Å². The van der Waals surface area contributed by atoms with E-state index in [1.807, 2.05) is 6.92 Å². The van der Waals surface area contributed by atoms with Crippen LogP contribution in [-0.4, -0.2) is 34.6 Å². The number of hydrogen-bond donors (Lipinski definition) is 2. The van der Waals surface area contributed by atoms with Crippen molar-refractivity contribution in [2.75, 3.05) is 11.9 Å². The molecule has 0 radical (unpaired) electrons. The van der Waals surface area contributed by atoms with Gasteiger partial charge in [-0.05, 0) is 13.3 Å². The Morgan fingerprint density at radius 3 is 3.10 bits per heavy atom. The predicted molar refractivity (Wildman–Crippen MR) is 79.1 cm³/mol. The first kappa shape index (κ1) is 15.0. The van der Waals surface area contributed by atoms with Gasteiger partial charge in [0.25, 0.3) is 5.56 Å². The molecule has 0 spiro atoms. The fourth-order valence-electron chi connectivity index (χ4n) is 2.22. The van der Waals surface area contributed by atoms with Crippen LogP contribution in [0, 0.1) is 0 Å². The van der Waals surface area contributed by atoms with Gasteiger partial charge in [0.1, 0.15) is 5.02 Å². The number of anilines is 1. The molecule has 0 amide bonds. The lowest BCUT2D eigenvalue weighted by Gasteiger charge is -2.43. The molecule has 3 N–H and O–H groups in total. The molecule has 6 nitrogen and oxygen atoms in total. The number of aromatic nitrogens is 2. The van der Waals surface area contributed by atoms with Crippen LogP contribution in [-0.2, 0) is 11.3 Å². The molecule has 1 aliphatic carbocycles. The molecule has 2 rings (SSSR count). The SMILES string of the molecule is C=CCn1ncc(NC2C(N)CC2OCC)c(Cl)c1=O. The minimum absolute atomic E-state index is 0.0155. The molecule has 7 heteroatoms. The van der Waals surface area contributed by atoms with Crippen LogP contribution in [0.25, 0.3) is 0 Å². The summed E-state index contributed by atoms with van der Waals surface area (Å²) in [6.07, 6.45) is 3.96. The van der Waals surface area contributed by atoms with Gasteiger partial charge < -0.3 is 15.8 Å². The summed E-state index contributed by atoms with van der Waals surface area (Å²) in [5.41, 5.74) is 6.09. The molecule has 1 fully saturated rings. The number of nitrogens with one attached hydrogen (secondary N) is 1. The highest BCUT2D eigenvalue weighted by Crippen LogP contribution is 2.27. The van der Waals surface area contributed by atoms with Crippen molar-refractivity contribution >= 4 is 17.3 Å². The van der Waals surface area contributed by atoms with E-state index in [0.29, 0.717) is 18.8 Å². The molecule has 3 unspecified atom stereocenters. The first-order valence-corrected chi connectivity index (χ1v) is 6.96. The van der Waals surface area contributed by atoms with Crippen molar-refractivity contribution in [1.82, 2.24) is 9.78 Å². The highest BCUT2D eigenvalue weighted by atomic mass is 35.5. The number of rotatable bonds is 6. The maximum absolute atomic E-state index is 12.0. The zero-order chi connectivity index (χ0) is 14.7. The van der Waals surface area contributed by atoms with Crippen molar-refractivity contribution in [3.63, 3.8) is 0 Å². The average molecular weight is 299 g/mol. The van der Waals surface area contributed by atoms with Gasteiger partial charge >= 0.3 is 0 Å². The lowest BCUT2D eigenvalue weighted by molar-refractivity contribution is -0.0126. The van der Waals surface area contributed by atoms with Crippen LogP contribution < -0.4 is 16.6 Å². The van der Waals surface area contributed by atoms with Gasteiger partial charge in [0.05, 0.1) is 30.6 Å². The van der Waals surface area contributed by atoms with Gasteiger partial charge in [-0.15, -0.1) is 6.58 Å². The van der Waals surface area contributed by atoms with E-state index >= 15 is 0 Å². The molecule has 1 saturated carbocycles. The van der Waals surface area contributed by atoms with Gasteiger partial charge in [-0.2, -0.15) is 5.10 Å². The fraction of sp³-hybridized carbons (Fsp3) is 0.538. The van der Waals surface area contributed by atoms with Crippen LogP contribution in [0.15, 0.2) is 23.6 Å². The number of nitrogens with zero attached hydrogens (tertiary/aromatic N) is 2. The van der Waals surface area contributed by atoms with E-state index < -0.39 is 0 Å². The van der Waals surface area contributed by atoms with Crippen molar-refractivity contribution in [1.29, 1.82) is 0 Å². The first-order chi connectivity index (χ1) is 9.58. The Morgan fingerprint density at radius 1 is 1.75 bits per heavy atom. The second-order valence-corrected chi connectivity index (χ2v) is 5.09. The van der Waals surface area contributed by atoms with Gasteiger partial charge in [0.15, 0.2) is 0 Å². The van der Waals surface area contributed by atoms with Gasteiger partial charge in [-0.1, -0.05) is 17.7 Å². The number of ether oxygens (including phenoxy) is 1. The van der Waals surface area contributed by atoms with E-state index in [-0.39, 0.29) is 28.8 Å². The molecule has 1 aliphatic rings. The van der Waals surface area contributed by atoms with Crippen molar-refractivity contribution in [3.05, 3.63) is 34.2 Å². The van der Waals surface area contributed by atoms with Crippen molar-refractivity contribution in [2.45, 2.75) is 38.1 Å². The summed E-state index contributed by atoms with van der Waals surface area (Å²) in [7, 11) is 0. The van der Waals surface area contributed by atoms with Crippen LogP contribution in [0.4, 0.5) is 5.69 Å². The highest BCUT2D eigenvalue weighted by Gasteiger charge is 2.39. The van der Waals surface area contributed by atoms with E-state index in [1.54, 1.807) is 6.08 Å². The zero-order valence-electron chi connectivity index (χ0n) is 11.4. The van der Waals surface area contributed by atoms with Crippen LogP contribution >= 0.6 is 11.6 Å². The number of halogens is 1. The summed E-state index contributed by atoms with van der Waals surface area (Å²) < 4.78 is 6.81. The lowest BCUT2D eigenvalue weighted by atomic mass is 9.83. The maximum atomic E-state index is 12.0. The zero-order valence-corrected chi connectivity index (χ0v) is 12.1. The van der Waals surface area contributed by atoms with Crippen molar-refractivity contribution in [2.24, 2.45) is 5.73 Å². The van der Waals surface area contributed by atoms with E-state index in [0.717, 1.165) is 6.42 Å². The van der Waals surface area contributed by atoms with E-state index in [9.17, 15) is 4.79 Å². The normalized spacial score (nSPS) is 25.1. The monoisotopic (exact) mass is 298 g/mol. The predicted octanol–water partition coefficient (Wildman–Crippen LogP) is 0.999. The topological polar surface area (TPSA) is 82.2 Å². The average Bonchev–Trinajstić information content (AvgIpc) is 2.43. The quantitative estimate of drug-likeness (QED) is 0.766. The molecule has 1 aromatic rings. The van der Waals surface area contributed by atoms with Gasteiger partial charge in [0.2, 0.25) is 0 Å². The van der Waals surface area contributed by atoms with Gasteiger partial charge in [0, 0.05) is 12.6 Å². The third kappa shape index (κ3) is 2.87. The summed E-state index contributed by atoms with van der Waals surface area (Å²) >= 11 is 6.08. The maximum Gasteiger partial charge on any atom is 0.287 e. The summed E-state index contributed by atoms with van der Waals surface area (Å²) in [6, 6.07) is -0.0675. The standard InChI is InChI=1S/C13H19ClN4O2/c1-3-5-18-13(19)11(14)9(7-16-18)17-12-8(15)6-10(12)20-4-2/h3,7-8,10,12,17H,1,4-6,15H2,2H3. The van der Waals surface area contributed by atoms with Crippen molar-refractivity contribution in [3.8, 4) is 0 Å². The molecular weight excluding hydrogens is 280 g/mol. The second-order valence-electron chi connectivity index (χ2n) is 4.71. The van der Waals surface area contributed by atoms with E-state index in [1.165, 1.54) is 10.9 Å². The van der Waals surface area contributed by atoms with E-state index in [2.05, 4.69) is 17.0 Å². The smallest absolute Gasteiger partial charge is 0.287 e. The van der Waals surface area contributed by atoms with Crippen LogP contribution in [0.1, 0.15) is 13.3 Å². The Morgan fingerprint density at radius 2 is 2.50 bits per heavy atom. The Hall–Kier alpha value is -1.37. The molecule has 3 atom stereocenters. The molecule has 0 aromatic carbocycles. The minimum Gasteiger partial charge on any atom is -0.376 e. The first-order valence-electron chi connectivity index (χ1n) is 6.58. The number of allylic oxidation sites excluding steroid dienone is 1. The largest absolute Gasteiger partial charge is 0.376 e. The third-order valence-corrected chi connectivity index (χ3v) is 3.72. The van der Waals surface area contributed by atoms with Crippen LogP contribution in [0.5, 0.6) is 0 Å². The molecular formula is C13H19ClN4O2. The third-order valence-electron chi connectivity index (χ3n) is 3.36. The lowest BCUT2D eigenvalue weighted by Crippen LogP contribution is -2.60. The molecule has 0 bridgehead atoms. The number of hydrogen-bond acceptors (Lipinski definition) is 5. The Bertz CT molecular complexity index is 544. The van der Waals surface area contributed by atoms with Gasteiger partial charge in [-0.3, -0.25) is 4.79 Å². The Kier molecular flexibility index (Phi) is 4.80. The summed E-state index contributed by atoms with van der Waals surface area (Å²) in [5.74, 6) is 0. The van der Waals surface area contributed by atoms with Gasteiger partial charge in [-0.25, -0.2) is 4.68 Å². The minimum atomic E-state index is -0.350. The molecule has 1 aromatic heterocycles. The fourth-order valence-corrected chi connectivity index (χ4v) is 2.43. The number of nitrogens with two attached hydrogens (primary N) is 1. The molecule has 0 saturated heterocycles. The molecule has 1 heterocycles. The summed E-state index contributed by atoms with van der Waals surface area (Å²) in [6.45, 7) is 6.46. The molecule has 110 valence electrons. The molecule has 20 heavy (non-hydrogen) atoms. The Labute approximate surface area is 122 Å². The summed E-state index contributed by atoms with van der Waals surface area (Å²) in [5, 5.41) is 7.31. The molecule has 0 aliphatic heterocycles. The van der Waals surface area contributed by atoms with Crippen molar-refractivity contribution < 1.29 is 4.74 Å². The summed E-state index contributed by atoms with van der Waals surface area (Å²) in [4.78, 5) is 12.0. The Balaban J connectivity index is 2.15. The van der Waals surface area contributed by atoms with Crippen LogP contribution in [0.2, 0.25) is 5.02 Å². The van der Waals surface area contributed by atoms with Crippen LogP contribution in [0.3, 0.4) is 0 Å². The second kappa shape index (κ2) is 6.39. The highest BCUT2D eigenvalue weighted by molar-refractivity contribution is 6.32.